The summed E-state index contributed by atoms with van der Waals surface area (Å²) in [5, 5.41) is 24.9. The lowest BCUT2D eigenvalue weighted by atomic mass is 9.80. The summed E-state index contributed by atoms with van der Waals surface area (Å²) in [6.45, 7) is 1.43. The van der Waals surface area contributed by atoms with Crippen molar-refractivity contribution in [3.63, 3.8) is 0 Å². The largest absolute Gasteiger partial charge is 0.488 e. The Kier molecular flexibility index (Phi) is 6.19. The van der Waals surface area contributed by atoms with Gasteiger partial charge in [0.2, 0.25) is 0 Å². The van der Waals surface area contributed by atoms with Crippen LogP contribution >= 0.6 is 0 Å². The van der Waals surface area contributed by atoms with E-state index >= 15 is 0 Å². The Balaban J connectivity index is 0.000000583. The highest BCUT2D eigenvalue weighted by Gasteiger charge is 2.09. The molecule has 2 N–H and O–H groups in total. The maximum atomic E-state index is 8.80. The third-order valence-electron chi connectivity index (χ3n) is 1.71. The van der Waals surface area contributed by atoms with Crippen molar-refractivity contribution in [2.24, 2.45) is 0 Å². The second kappa shape index (κ2) is 6.88. The van der Waals surface area contributed by atoms with Gasteiger partial charge in [0.1, 0.15) is 0 Å². The van der Waals surface area contributed by atoms with Crippen LogP contribution in [0.1, 0.15) is 6.92 Å². The smallest absolute Gasteiger partial charge is 0.423 e. The van der Waals surface area contributed by atoms with E-state index in [9.17, 15) is 0 Å². The Morgan fingerprint density at radius 3 is 1.87 bits per heavy atom. The van der Waals surface area contributed by atoms with Crippen LogP contribution in [0, 0.1) is 11.3 Å². The quantitative estimate of drug-likeness (QED) is 0.666. The Hall–Kier alpha value is -1.51. The molecule has 0 aromatic heterocycles. The molecule has 0 radical (unpaired) electrons. The van der Waals surface area contributed by atoms with Crippen LogP contribution in [-0.4, -0.2) is 31.3 Å². The second-order valence-electron chi connectivity index (χ2n) is 3.08. The molecule has 0 saturated carbocycles. The molecule has 0 aliphatic carbocycles. The van der Waals surface area contributed by atoms with Crippen molar-refractivity contribution in [3.05, 3.63) is 24.3 Å². The molecule has 5 heteroatoms. The Morgan fingerprint density at radius 2 is 1.60 bits per heavy atom. The van der Waals surface area contributed by atoms with E-state index in [0.717, 1.165) is 5.69 Å². The minimum atomic E-state index is -1.37. The van der Waals surface area contributed by atoms with Gasteiger partial charge in [-0.05, 0) is 17.6 Å². The minimum absolute atomic E-state index is 0.514. The second-order valence-corrected chi connectivity index (χ2v) is 3.08. The number of hydrogen-bond acceptors (Lipinski definition) is 4. The summed E-state index contributed by atoms with van der Waals surface area (Å²) in [4.78, 5) is 1.95. The van der Waals surface area contributed by atoms with E-state index in [0.29, 0.717) is 5.46 Å². The van der Waals surface area contributed by atoms with Crippen LogP contribution in [-0.2, 0) is 0 Å². The summed E-state index contributed by atoms with van der Waals surface area (Å²) < 4.78 is 0. The standard InChI is InChI=1S/C8H12BNO2.C2H3N/c1-10(2)8-5-3-7(4-6-8)9(11)12;1-2-3/h3-6,11-12H,1-2H3;1H3. The van der Waals surface area contributed by atoms with Crippen LogP contribution < -0.4 is 10.4 Å². The molecule has 1 rings (SSSR count). The van der Waals surface area contributed by atoms with E-state index in [1.807, 2.05) is 31.1 Å². The molecule has 0 fully saturated rings. The van der Waals surface area contributed by atoms with Crippen molar-refractivity contribution in [2.75, 3.05) is 19.0 Å². The molecule has 0 heterocycles. The van der Waals surface area contributed by atoms with Crippen molar-refractivity contribution in [3.8, 4) is 6.07 Å². The number of anilines is 1. The van der Waals surface area contributed by atoms with Crippen LogP contribution in [0.25, 0.3) is 0 Å². The molecule has 0 aliphatic heterocycles. The lowest BCUT2D eigenvalue weighted by Crippen LogP contribution is -2.29. The predicted molar refractivity (Wildman–Crippen MR) is 61.9 cm³/mol. The zero-order chi connectivity index (χ0) is 11.8. The summed E-state index contributed by atoms with van der Waals surface area (Å²) in [5.74, 6) is 0. The molecule has 0 aliphatic rings. The van der Waals surface area contributed by atoms with Crippen molar-refractivity contribution in [1.29, 1.82) is 5.26 Å². The molecule has 1 aromatic rings. The van der Waals surface area contributed by atoms with E-state index in [-0.39, 0.29) is 0 Å². The molecular weight excluding hydrogens is 191 g/mol. The summed E-state index contributed by atoms with van der Waals surface area (Å²) in [6.07, 6.45) is 0. The zero-order valence-electron chi connectivity index (χ0n) is 9.18. The van der Waals surface area contributed by atoms with Gasteiger partial charge in [-0.2, -0.15) is 5.26 Å². The highest BCUT2D eigenvalue weighted by molar-refractivity contribution is 6.58. The molecule has 4 nitrogen and oxygen atoms in total. The first-order valence-electron chi connectivity index (χ1n) is 4.47. The lowest BCUT2D eigenvalue weighted by molar-refractivity contribution is 0.426. The molecular formula is C10H15BN2O2. The maximum Gasteiger partial charge on any atom is 0.488 e. The molecule has 0 amide bonds. The summed E-state index contributed by atoms with van der Waals surface area (Å²) in [5.41, 5.74) is 1.56. The van der Waals surface area contributed by atoms with Gasteiger partial charge in [0.05, 0.1) is 6.07 Å². The van der Waals surface area contributed by atoms with E-state index in [2.05, 4.69) is 0 Å². The first-order valence-corrected chi connectivity index (χ1v) is 4.47. The van der Waals surface area contributed by atoms with Gasteiger partial charge in [-0.25, -0.2) is 0 Å². The monoisotopic (exact) mass is 206 g/mol. The van der Waals surface area contributed by atoms with Crippen molar-refractivity contribution < 1.29 is 10.0 Å². The number of nitriles is 1. The first kappa shape index (κ1) is 13.5. The van der Waals surface area contributed by atoms with Crippen molar-refractivity contribution >= 4 is 18.3 Å². The van der Waals surface area contributed by atoms with Crippen molar-refractivity contribution in [2.45, 2.75) is 6.92 Å². The van der Waals surface area contributed by atoms with Crippen molar-refractivity contribution in [1.82, 2.24) is 0 Å². The molecule has 0 saturated heterocycles. The van der Waals surface area contributed by atoms with Gasteiger partial charge >= 0.3 is 7.12 Å². The summed E-state index contributed by atoms with van der Waals surface area (Å²) in [7, 11) is 2.50. The van der Waals surface area contributed by atoms with E-state index < -0.39 is 7.12 Å². The lowest BCUT2D eigenvalue weighted by Gasteiger charge is -2.12. The maximum absolute atomic E-state index is 8.80. The fourth-order valence-electron chi connectivity index (χ4n) is 0.945. The Bertz CT molecular complexity index is 290. The third kappa shape index (κ3) is 5.06. The normalized spacial score (nSPS) is 8.27. The van der Waals surface area contributed by atoms with Gasteiger partial charge in [-0.15, -0.1) is 0 Å². The SMILES string of the molecule is CC#N.CN(C)c1ccc(B(O)O)cc1. The van der Waals surface area contributed by atoms with Gasteiger partial charge in [0.15, 0.2) is 0 Å². The molecule has 0 unspecified atom stereocenters. The zero-order valence-corrected chi connectivity index (χ0v) is 9.18. The number of hydrogen-bond donors (Lipinski definition) is 2. The summed E-state index contributed by atoms with van der Waals surface area (Å²) >= 11 is 0. The van der Waals surface area contributed by atoms with Gasteiger partial charge in [-0.1, -0.05) is 12.1 Å². The van der Waals surface area contributed by atoms with Gasteiger partial charge < -0.3 is 14.9 Å². The number of nitrogens with zero attached hydrogens (tertiary/aromatic N) is 2. The van der Waals surface area contributed by atoms with Crippen LogP contribution in [0.15, 0.2) is 24.3 Å². The fourth-order valence-corrected chi connectivity index (χ4v) is 0.945. The van der Waals surface area contributed by atoms with E-state index in [1.165, 1.54) is 6.92 Å². The minimum Gasteiger partial charge on any atom is -0.423 e. The van der Waals surface area contributed by atoms with Crippen LogP contribution in [0.2, 0.25) is 0 Å². The highest BCUT2D eigenvalue weighted by Crippen LogP contribution is 2.07. The highest BCUT2D eigenvalue weighted by atomic mass is 16.4. The van der Waals surface area contributed by atoms with Crippen LogP contribution in [0.4, 0.5) is 5.69 Å². The molecule has 0 atom stereocenters. The number of rotatable bonds is 2. The fraction of sp³-hybridized carbons (Fsp3) is 0.300. The average Bonchev–Trinajstić information content (AvgIpc) is 2.19. The molecule has 0 bridgehead atoms. The van der Waals surface area contributed by atoms with Gasteiger partial charge in [-0.3, -0.25) is 0 Å². The molecule has 15 heavy (non-hydrogen) atoms. The topological polar surface area (TPSA) is 67.5 Å². The Labute approximate surface area is 90.5 Å². The predicted octanol–water partition coefficient (Wildman–Crippen LogP) is -0.0377. The van der Waals surface area contributed by atoms with Gasteiger partial charge in [0, 0.05) is 26.7 Å². The molecule has 0 spiro atoms. The number of benzene rings is 1. The van der Waals surface area contributed by atoms with Gasteiger partial charge in [0.25, 0.3) is 0 Å². The van der Waals surface area contributed by atoms with E-state index in [1.54, 1.807) is 18.2 Å². The third-order valence-corrected chi connectivity index (χ3v) is 1.71. The first-order chi connectivity index (χ1) is 7.02. The van der Waals surface area contributed by atoms with Crippen LogP contribution in [0.3, 0.4) is 0 Å². The molecule has 1 aromatic carbocycles. The molecule has 80 valence electrons. The average molecular weight is 206 g/mol. The van der Waals surface area contributed by atoms with Crippen LogP contribution in [0.5, 0.6) is 0 Å². The Morgan fingerprint density at radius 1 is 1.20 bits per heavy atom. The van der Waals surface area contributed by atoms with E-state index in [4.69, 9.17) is 15.3 Å². The summed E-state index contributed by atoms with van der Waals surface area (Å²) in [6, 6.07) is 8.82.